The SMILES string of the molecule is CCCn1c(=O)c(=O)[nH]c2cc(F)ccc21. The molecule has 1 aromatic carbocycles. The largest absolute Gasteiger partial charge is 0.316 e. The normalized spacial score (nSPS) is 10.9. The minimum absolute atomic E-state index is 0.345. The van der Waals surface area contributed by atoms with Crippen LogP contribution >= 0.6 is 0 Å². The van der Waals surface area contributed by atoms with E-state index in [0.29, 0.717) is 17.6 Å². The molecular weight excluding hydrogens is 211 g/mol. The predicted molar refractivity (Wildman–Crippen MR) is 59.1 cm³/mol. The Morgan fingerprint density at radius 3 is 2.81 bits per heavy atom. The number of aromatic nitrogens is 2. The first-order valence-electron chi connectivity index (χ1n) is 5.06. The summed E-state index contributed by atoms with van der Waals surface area (Å²) in [6.45, 7) is 2.36. The molecule has 16 heavy (non-hydrogen) atoms. The highest BCUT2D eigenvalue weighted by Gasteiger charge is 2.07. The van der Waals surface area contributed by atoms with Gasteiger partial charge in [0, 0.05) is 6.54 Å². The average Bonchev–Trinajstić information content (AvgIpc) is 2.24. The Kier molecular flexibility index (Phi) is 2.60. The van der Waals surface area contributed by atoms with Gasteiger partial charge in [-0.2, -0.15) is 0 Å². The second-order valence-corrected chi connectivity index (χ2v) is 3.57. The Bertz CT molecular complexity index is 642. The molecule has 0 unspecified atom stereocenters. The van der Waals surface area contributed by atoms with E-state index in [9.17, 15) is 14.0 Å². The van der Waals surface area contributed by atoms with E-state index >= 15 is 0 Å². The van der Waals surface area contributed by atoms with Gasteiger partial charge in [0.05, 0.1) is 11.0 Å². The number of hydrogen-bond donors (Lipinski definition) is 1. The molecule has 0 fully saturated rings. The van der Waals surface area contributed by atoms with Crippen molar-refractivity contribution in [2.45, 2.75) is 19.9 Å². The van der Waals surface area contributed by atoms with Crippen LogP contribution < -0.4 is 11.1 Å². The molecule has 0 aliphatic heterocycles. The lowest BCUT2D eigenvalue weighted by Crippen LogP contribution is -2.36. The molecule has 0 aliphatic carbocycles. The number of nitrogens with zero attached hydrogens (tertiary/aromatic N) is 1. The molecule has 2 aromatic rings. The van der Waals surface area contributed by atoms with Crippen LogP contribution in [0.2, 0.25) is 0 Å². The Morgan fingerprint density at radius 2 is 2.12 bits per heavy atom. The smallest absolute Gasteiger partial charge is 0.316 e. The molecule has 0 bridgehead atoms. The minimum atomic E-state index is -0.716. The van der Waals surface area contributed by atoms with Gasteiger partial charge in [-0.05, 0) is 24.6 Å². The van der Waals surface area contributed by atoms with Crippen LogP contribution in [0.15, 0.2) is 27.8 Å². The van der Waals surface area contributed by atoms with Crippen molar-refractivity contribution >= 4 is 11.0 Å². The van der Waals surface area contributed by atoms with Crippen LogP contribution in [0.1, 0.15) is 13.3 Å². The van der Waals surface area contributed by atoms with Gasteiger partial charge in [0.1, 0.15) is 5.82 Å². The van der Waals surface area contributed by atoms with Crippen LogP contribution in [0.3, 0.4) is 0 Å². The summed E-state index contributed by atoms with van der Waals surface area (Å²) in [6, 6.07) is 3.98. The highest BCUT2D eigenvalue weighted by atomic mass is 19.1. The van der Waals surface area contributed by atoms with Gasteiger partial charge >= 0.3 is 11.1 Å². The first kappa shape index (κ1) is 10.6. The van der Waals surface area contributed by atoms with Crippen molar-refractivity contribution in [3.8, 4) is 0 Å². The maximum Gasteiger partial charge on any atom is 0.316 e. The van der Waals surface area contributed by atoms with Crippen molar-refractivity contribution in [2.75, 3.05) is 0 Å². The van der Waals surface area contributed by atoms with E-state index in [1.165, 1.54) is 22.8 Å². The van der Waals surface area contributed by atoms with Crippen LogP contribution in [0.25, 0.3) is 11.0 Å². The van der Waals surface area contributed by atoms with E-state index in [1.807, 2.05) is 6.92 Å². The summed E-state index contributed by atoms with van der Waals surface area (Å²) in [5.74, 6) is -0.440. The standard InChI is InChI=1S/C11H11FN2O2/c1-2-5-14-9-4-3-7(12)6-8(9)13-10(15)11(14)16/h3-4,6H,2,5H2,1H3,(H,13,15). The number of rotatable bonds is 2. The predicted octanol–water partition coefficient (Wildman–Crippen LogP) is 1.24. The molecule has 0 saturated heterocycles. The van der Waals surface area contributed by atoms with Crippen LogP contribution in [-0.2, 0) is 6.54 Å². The quantitative estimate of drug-likeness (QED) is 0.777. The molecule has 2 rings (SSSR count). The molecule has 4 nitrogen and oxygen atoms in total. The van der Waals surface area contributed by atoms with Gasteiger partial charge in [0.25, 0.3) is 0 Å². The summed E-state index contributed by atoms with van der Waals surface area (Å²) in [5, 5.41) is 0. The molecule has 0 aliphatic rings. The summed E-state index contributed by atoms with van der Waals surface area (Å²) in [4.78, 5) is 25.3. The zero-order valence-electron chi connectivity index (χ0n) is 8.79. The molecule has 1 aromatic heterocycles. The minimum Gasteiger partial charge on any atom is -0.316 e. The summed E-state index contributed by atoms with van der Waals surface area (Å²) in [5.41, 5.74) is -0.418. The fourth-order valence-corrected chi connectivity index (χ4v) is 1.70. The first-order chi connectivity index (χ1) is 7.63. The monoisotopic (exact) mass is 222 g/mol. The third kappa shape index (κ3) is 1.64. The fraction of sp³-hybridized carbons (Fsp3) is 0.273. The molecule has 0 saturated carbocycles. The van der Waals surface area contributed by atoms with Crippen LogP contribution in [-0.4, -0.2) is 9.55 Å². The highest BCUT2D eigenvalue weighted by molar-refractivity contribution is 5.74. The number of hydrogen-bond acceptors (Lipinski definition) is 2. The molecular formula is C11H11FN2O2. The van der Waals surface area contributed by atoms with Gasteiger partial charge in [-0.3, -0.25) is 9.59 Å². The van der Waals surface area contributed by atoms with Crippen LogP contribution in [0, 0.1) is 5.82 Å². The summed E-state index contributed by atoms with van der Waals surface area (Å²) in [7, 11) is 0. The molecule has 84 valence electrons. The third-order valence-electron chi connectivity index (χ3n) is 2.38. The van der Waals surface area contributed by atoms with E-state index in [2.05, 4.69) is 4.98 Å². The maximum atomic E-state index is 13.0. The topological polar surface area (TPSA) is 54.9 Å². The lowest BCUT2D eigenvalue weighted by atomic mass is 10.3. The van der Waals surface area contributed by atoms with E-state index in [4.69, 9.17) is 0 Å². The zero-order chi connectivity index (χ0) is 11.7. The van der Waals surface area contributed by atoms with Crippen molar-refractivity contribution in [1.82, 2.24) is 9.55 Å². The Labute approximate surface area is 90.3 Å². The lowest BCUT2D eigenvalue weighted by molar-refractivity contribution is 0.626. The van der Waals surface area contributed by atoms with Gasteiger partial charge < -0.3 is 9.55 Å². The molecule has 0 spiro atoms. The fourth-order valence-electron chi connectivity index (χ4n) is 1.70. The van der Waals surface area contributed by atoms with Gasteiger partial charge in [-0.25, -0.2) is 4.39 Å². The van der Waals surface area contributed by atoms with Gasteiger partial charge in [-0.1, -0.05) is 6.92 Å². The average molecular weight is 222 g/mol. The Morgan fingerprint density at radius 1 is 1.38 bits per heavy atom. The van der Waals surface area contributed by atoms with Crippen LogP contribution in [0.4, 0.5) is 4.39 Å². The Hall–Kier alpha value is -1.91. The second-order valence-electron chi connectivity index (χ2n) is 3.57. The third-order valence-corrected chi connectivity index (χ3v) is 2.38. The molecule has 0 atom stereocenters. The number of nitrogens with one attached hydrogen (secondary N) is 1. The number of halogens is 1. The molecule has 1 heterocycles. The van der Waals surface area contributed by atoms with E-state index < -0.39 is 16.9 Å². The van der Waals surface area contributed by atoms with Crippen molar-refractivity contribution < 1.29 is 4.39 Å². The number of fused-ring (bicyclic) bond motifs is 1. The number of H-pyrrole nitrogens is 1. The summed E-state index contributed by atoms with van der Waals surface area (Å²) < 4.78 is 14.3. The van der Waals surface area contributed by atoms with Crippen LogP contribution in [0.5, 0.6) is 0 Å². The van der Waals surface area contributed by atoms with Crippen molar-refractivity contribution in [1.29, 1.82) is 0 Å². The highest BCUT2D eigenvalue weighted by Crippen LogP contribution is 2.10. The van der Waals surface area contributed by atoms with Crippen molar-refractivity contribution in [3.63, 3.8) is 0 Å². The zero-order valence-corrected chi connectivity index (χ0v) is 8.79. The van der Waals surface area contributed by atoms with Crippen molar-refractivity contribution in [2.24, 2.45) is 0 Å². The second kappa shape index (κ2) is 3.92. The molecule has 0 radical (unpaired) electrons. The van der Waals surface area contributed by atoms with Gasteiger partial charge in [-0.15, -0.1) is 0 Å². The summed E-state index contributed by atoms with van der Waals surface area (Å²) in [6.07, 6.45) is 0.732. The molecule has 1 N–H and O–H groups in total. The molecule has 0 amide bonds. The van der Waals surface area contributed by atoms with Gasteiger partial charge in [0.15, 0.2) is 0 Å². The number of benzene rings is 1. The maximum absolute atomic E-state index is 13.0. The van der Waals surface area contributed by atoms with E-state index in [-0.39, 0.29) is 0 Å². The Balaban J connectivity index is 2.89. The van der Waals surface area contributed by atoms with E-state index in [1.54, 1.807) is 0 Å². The van der Waals surface area contributed by atoms with Gasteiger partial charge in [0.2, 0.25) is 0 Å². The number of aryl methyl sites for hydroxylation is 1. The van der Waals surface area contributed by atoms with Crippen molar-refractivity contribution in [3.05, 3.63) is 44.7 Å². The lowest BCUT2D eigenvalue weighted by Gasteiger charge is -2.07. The summed E-state index contributed by atoms with van der Waals surface area (Å²) >= 11 is 0. The van der Waals surface area contributed by atoms with E-state index in [0.717, 1.165) is 6.42 Å². The number of aromatic amines is 1. The first-order valence-corrected chi connectivity index (χ1v) is 5.06. The molecule has 5 heteroatoms.